The fraction of sp³-hybridized carbons (Fsp3) is 0.292. The van der Waals surface area contributed by atoms with Crippen LogP contribution in [0.3, 0.4) is 0 Å². The van der Waals surface area contributed by atoms with E-state index in [1.165, 1.54) is 0 Å². The molecule has 158 valence electrons. The van der Waals surface area contributed by atoms with Crippen LogP contribution in [-0.4, -0.2) is 14.3 Å². The van der Waals surface area contributed by atoms with E-state index in [0.717, 1.165) is 17.7 Å². The van der Waals surface area contributed by atoms with Gasteiger partial charge in [-0.1, -0.05) is 63.1 Å². The Morgan fingerprint density at radius 3 is 2.17 bits per heavy atom. The third-order valence-corrected chi connectivity index (χ3v) is 7.99. The van der Waals surface area contributed by atoms with Crippen molar-refractivity contribution in [2.45, 2.75) is 43.4 Å². The van der Waals surface area contributed by atoms with E-state index < -0.39 is 9.84 Å². The highest BCUT2D eigenvalue weighted by atomic mass is 32.2. The molecule has 0 aliphatic heterocycles. The Labute approximate surface area is 182 Å². The van der Waals surface area contributed by atoms with Crippen molar-refractivity contribution in [2.24, 2.45) is 5.92 Å². The van der Waals surface area contributed by atoms with E-state index in [9.17, 15) is 13.2 Å². The molecule has 0 fully saturated rings. The van der Waals surface area contributed by atoms with Gasteiger partial charge in [0, 0.05) is 10.4 Å². The Morgan fingerprint density at radius 1 is 0.933 bits per heavy atom. The number of hydrogen-bond acceptors (Lipinski definition) is 4. The smallest absolute Gasteiger partial charge is 0.251 e. The number of amides is 1. The second-order valence-corrected chi connectivity index (χ2v) is 10.3. The minimum Gasteiger partial charge on any atom is -0.344 e. The number of rotatable bonds is 9. The fourth-order valence-electron chi connectivity index (χ4n) is 3.56. The van der Waals surface area contributed by atoms with Crippen LogP contribution in [0.1, 0.15) is 53.5 Å². The van der Waals surface area contributed by atoms with Crippen LogP contribution in [0.2, 0.25) is 0 Å². The number of thiophene rings is 1. The topological polar surface area (TPSA) is 63.2 Å². The molecule has 1 amide bonds. The summed E-state index contributed by atoms with van der Waals surface area (Å²) < 4.78 is 25.1. The summed E-state index contributed by atoms with van der Waals surface area (Å²) in [5.74, 6) is 0.130. The Bertz CT molecular complexity index is 1040. The number of benzene rings is 2. The van der Waals surface area contributed by atoms with E-state index in [2.05, 4.69) is 25.2 Å². The molecule has 0 spiro atoms. The zero-order chi connectivity index (χ0) is 21.6. The number of carbonyl (C=O) groups excluding carboxylic acids is 1. The summed E-state index contributed by atoms with van der Waals surface area (Å²) >= 11 is 1.65. The minimum atomic E-state index is -3.41. The maximum Gasteiger partial charge on any atom is 0.251 e. The van der Waals surface area contributed by atoms with E-state index in [-0.39, 0.29) is 17.7 Å². The molecule has 0 radical (unpaired) electrons. The van der Waals surface area contributed by atoms with E-state index in [1.54, 1.807) is 65.9 Å². The van der Waals surface area contributed by atoms with Crippen molar-refractivity contribution in [2.75, 3.05) is 0 Å². The highest BCUT2D eigenvalue weighted by Crippen LogP contribution is 2.30. The predicted octanol–water partition coefficient (Wildman–Crippen LogP) is 5.63. The zero-order valence-corrected chi connectivity index (χ0v) is 18.9. The van der Waals surface area contributed by atoms with Crippen LogP contribution in [0.15, 0.2) is 77.0 Å². The molecule has 2 aromatic carbocycles. The van der Waals surface area contributed by atoms with Crippen molar-refractivity contribution < 1.29 is 13.2 Å². The number of sulfone groups is 1. The summed E-state index contributed by atoms with van der Waals surface area (Å²) in [4.78, 5) is 14.3. The lowest BCUT2D eigenvalue weighted by Crippen LogP contribution is -2.32. The molecular weight excluding hydrogens is 414 g/mol. The first-order chi connectivity index (χ1) is 14.4. The largest absolute Gasteiger partial charge is 0.344 e. The minimum absolute atomic E-state index is 0.0226. The predicted molar refractivity (Wildman–Crippen MR) is 122 cm³/mol. The van der Waals surface area contributed by atoms with Crippen molar-refractivity contribution >= 4 is 27.1 Å². The fourth-order valence-corrected chi connectivity index (χ4v) is 5.80. The average molecular weight is 442 g/mol. The summed E-state index contributed by atoms with van der Waals surface area (Å²) in [5.41, 5.74) is 1.19. The maximum atomic E-state index is 12.9. The van der Waals surface area contributed by atoms with Crippen LogP contribution in [0, 0.1) is 5.92 Å². The van der Waals surface area contributed by atoms with Crippen LogP contribution in [0.4, 0.5) is 0 Å². The van der Waals surface area contributed by atoms with Gasteiger partial charge in [0.05, 0.1) is 16.7 Å². The van der Waals surface area contributed by atoms with E-state index in [4.69, 9.17) is 0 Å². The van der Waals surface area contributed by atoms with Crippen molar-refractivity contribution in [1.29, 1.82) is 0 Å². The van der Waals surface area contributed by atoms with Crippen LogP contribution in [0.25, 0.3) is 0 Å². The summed E-state index contributed by atoms with van der Waals surface area (Å²) in [6.07, 6.45) is 1.96. The van der Waals surface area contributed by atoms with Crippen molar-refractivity contribution in [3.8, 4) is 0 Å². The molecule has 3 rings (SSSR count). The average Bonchev–Trinajstić information content (AvgIpc) is 3.29. The number of hydrogen-bond donors (Lipinski definition) is 1. The van der Waals surface area contributed by atoms with Crippen molar-refractivity contribution in [1.82, 2.24) is 5.32 Å². The number of carbonyl (C=O) groups is 1. The van der Waals surface area contributed by atoms with Gasteiger partial charge in [-0.3, -0.25) is 4.79 Å². The summed E-state index contributed by atoms with van der Waals surface area (Å²) in [6.45, 7) is 4.28. The van der Waals surface area contributed by atoms with E-state index in [1.807, 2.05) is 11.4 Å². The Morgan fingerprint density at radius 2 is 1.60 bits per heavy atom. The lowest BCUT2D eigenvalue weighted by atomic mass is 9.92. The van der Waals surface area contributed by atoms with Gasteiger partial charge in [0.1, 0.15) is 0 Å². The van der Waals surface area contributed by atoms with Crippen molar-refractivity contribution in [3.63, 3.8) is 0 Å². The molecular formula is C24H27NO3S2. The molecule has 1 aromatic heterocycles. The highest BCUT2D eigenvalue weighted by molar-refractivity contribution is 7.90. The van der Waals surface area contributed by atoms with Gasteiger partial charge in [0.25, 0.3) is 5.91 Å². The Hall–Kier alpha value is -2.44. The Balaban J connectivity index is 1.73. The third kappa shape index (κ3) is 5.37. The molecule has 3 aromatic rings. The quantitative estimate of drug-likeness (QED) is 0.468. The molecule has 0 saturated heterocycles. The molecule has 0 saturated carbocycles. The van der Waals surface area contributed by atoms with Gasteiger partial charge in [-0.15, -0.1) is 11.3 Å². The maximum absolute atomic E-state index is 12.9. The lowest BCUT2D eigenvalue weighted by Gasteiger charge is -2.25. The molecule has 0 unspecified atom stereocenters. The molecule has 1 heterocycles. The normalized spacial score (nSPS) is 12.6. The first-order valence-electron chi connectivity index (χ1n) is 10.2. The standard InChI is InChI=1S/C24H27NO3S2/c1-3-19(4-2)23(22-11-8-16-29-22)25-24(26)20-14-12-18(13-15-20)17-30(27,28)21-9-6-5-7-10-21/h5-16,19,23H,3-4,17H2,1-2H3,(H,25,26)/t23-/m1/s1. The summed E-state index contributed by atoms with van der Waals surface area (Å²) in [5, 5.41) is 5.21. The van der Waals surface area contributed by atoms with Gasteiger partial charge < -0.3 is 5.32 Å². The van der Waals surface area contributed by atoms with Gasteiger partial charge in [-0.25, -0.2) is 8.42 Å². The highest BCUT2D eigenvalue weighted by Gasteiger charge is 2.24. The molecule has 1 N–H and O–H groups in total. The second kappa shape index (κ2) is 10.0. The van der Waals surface area contributed by atoms with Crippen molar-refractivity contribution in [3.05, 3.63) is 88.1 Å². The Kier molecular flexibility index (Phi) is 7.45. The molecule has 0 aliphatic carbocycles. The first kappa shape index (κ1) is 22.2. The van der Waals surface area contributed by atoms with Gasteiger partial charge >= 0.3 is 0 Å². The molecule has 0 bridgehead atoms. The molecule has 4 nitrogen and oxygen atoms in total. The van der Waals surface area contributed by atoms with Crippen LogP contribution in [-0.2, 0) is 15.6 Å². The van der Waals surface area contributed by atoms with Gasteiger partial charge in [0.2, 0.25) is 0 Å². The molecule has 6 heteroatoms. The second-order valence-electron chi connectivity index (χ2n) is 7.31. The zero-order valence-electron chi connectivity index (χ0n) is 17.2. The third-order valence-electron chi connectivity index (χ3n) is 5.33. The van der Waals surface area contributed by atoms with Gasteiger partial charge in [-0.2, -0.15) is 0 Å². The van der Waals surface area contributed by atoms with Crippen LogP contribution < -0.4 is 5.32 Å². The van der Waals surface area contributed by atoms with Crippen LogP contribution >= 0.6 is 11.3 Å². The first-order valence-corrected chi connectivity index (χ1v) is 12.7. The monoisotopic (exact) mass is 441 g/mol. The van der Waals surface area contributed by atoms with E-state index in [0.29, 0.717) is 21.9 Å². The van der Waals surface area contributed by atoms with E-state index >= 15 is 0 Å². The molecule has 30 heavy (non-hydrogen) atoms. The SMILES string of the molecule is CCC(CC)[C@@H](NC(=O)c1ccc(CS(=O)(=O)c2ccccc2)cc1)c1cccs1. The van der Waals surface area contributed by atoms with Crippen LogP contribution in [0.5, 0.6) is 0 Å². The number of nitrogens with one attached hydrogen (secondary N) is 1. The lowest BCUT2D eigenvalue weighted by molar-refractivity contribution is 0.0920. The summed E-state index contributed by atoms with van der Waals surface area (Å²) in [7, 11) is -3.41. The van der Waals surface area contributed by atoms with Gasteiger partial charge in [0.15, 0.2) is 9.84 Å². The molecule has 1 atom stereocenters. The van der Waals surface area contributed by atoms with Gasteiger partial charge in [-0.05, 0) is 47.2 Å². The molecule has 0 aliphatic rings. The summed E-state index contributed by atoms with van der Waals surface area (Å²) in [6, 6.07) is 19.3.